The SMILES string of the molecule is COc1ccc(CN2CCOC3(CCNCC3)C2)cc1. The molecule has 2 aliphatic heterocycles. The highest BCUT2D eigenvalue weighted by atomic mass is 16.5. The van der Waals surface area contributed by atoms with E-state index in [1.807, 2.05) is 12.1 Å². The van der Waals surface area contributed by atoms with Gasteiger partial charge in [0.05, 0.1) is 19.3 Å². The standard InChI is InChI=1S/C16H24N2O2/c1-19-15-4-2-14(3-5-15)12-18-10-11-20-16(13-18)6-8-17-9-7-16/h2-5,17H,6-13H2,1H3. The summed E-state index contributed by atoms with van der Waals surface area (Å²) in [6.07, 6.45) is 2.26. The zero-order chi connectivity index (χ0) is 13.8. The summed E-state index contributed by atoms with van der Waals surface area (Å²) in [6.45, 7) is 6.10. The number of hydrogen-bond donors (Lipinski definition) is 1. The van der Waals surface area contributed by atoms with Crippen molar-refractivity contribution in [3.8, 4) is 5.75 Å². The Morgan fingerprint density at radius 2 is 2.00 bits per heavy atom. The van der Waals surface area contributed by atoms with E-state index in [0.29, 0.717) is 0 Å². The molecule has 0 aromatic heterocycles. The van der Waals surface area contributed by atoms with Crippen LogP contribution in [-0.4, -0.2) is 50.4 Å². The quantitative estimate of drug-likeness (QED) is 0.910. The topological polar surface area (TPSA) is 33.7 Å². The van der Waals surface area contributed by atoms with Gasteiger partial charge in [0.1, 0.15) is 5.75 Å². The van der Waals surface area contributed by atoms with Gasteiger partial charge >= 0.3 is 0 Å². The number of piperidine rings is 1. The zero-order valence-electron chi connectivity index (χ0n) is 12.2. The Kier molecular flexibility index (Phi) is 4.24. The lowest BCUT2D eigenvalue weighted by atomic mass is 9.90. The predicted molar refractivity (Wildman–Crippen MR) is 79.1 cm³/mol. The van der Waals surface area contributed by atoms with Crippen LogP contribution >= 0.6 is 0 Å². The molecule has 0 unspecified atom stereocenters. The number of benzene rings is 1. The molecule has 4 heteroatoms. The van der Waals surface area contributed by atoms with Crippen LogP contribution in [-0.2, 0) is 11.3 Å². The fourth-order valence-corrected chi connectivity index (χ4v) is 3.23. The van der Waals surface area contributed by atoms with Crippen molar-refractivity contribution < 1.29 is 9.47 Å². The average molecular weight is 276 g/mol. The first-order valence-corrected chi connectivity index (χ1v) is 7.50. The minimum absolute atomic E-state index is 0.0932. The van der Waals surface area contributed by atoms with Crippen LogP contribution in [0.4, 0.5) is 0 Å². The van der Waals surface area contributed by atoms with Crippen LogP contribution in [0.3, 0.4) is 0 Å². The largest absolute Gasteiger partial charge is 0.497 e. The van der Waals surface area contributed by atoms with Crippen LogP contribution in [0.25, 0.3) is 0 Å². The predicted octanol–water partition coefficient (Wildman–Crippen LogP) is 1.65. The van der Waals surface area contributed by atoms with E-state index in [0.717, 1.165) is 57.9 Å². The molecule has 1 spiro atoms. The number of rotatable bonds is 3. The Morgan fingerprint density at radius 3 is 2.70 bits per heavy atom. The van der Waals surface area contributed by atoms with Crippen molar-refractivity contribution in [2.24, 2.45) is 0 Å². The van der Waals surface area contributed by atoms with Gasteiger partial charge in [-0.05, 0) is 43.6 Å². The fraction of sp³-hybridized carbons (Fsp3) is 0.625. The molecule has 0 bridgehead atoms. The number of hydrogen-bond acceptors (Lipinski definition) is 4. The summed E-state index contributed by atoms with van der Waals surface area (Å²) >= 11 is 0. The summed E-state index contributed by atoms with van der Waals surface area (Å²) in [7, 11) is 1.71. The molecule has 0 atom stereocenters. The van der Waals surface area contributed by atoms with E-state index in [-0.39, 0.29) is 5.60 Å². The number of nitrogens with one attached hydrogen (secondary N) is 1. The summed E-state index contributed by atoms with van der Waals surface area (Å²) in [4.78, 5) is 2.52. The smallest absolute Gasteiger partial charge is 0.118 e. The monoisotopic (exact) mass is 276 g/mol. The summed E-state index contributed by atoms with van der Waals surface area (Å²) in [5.41, 5.74) is 1.44. The molecule has 2 heterocycles. The molecule has 1 aromatic carbocycles. The van der Waals surface area contributed by atoms with Crippen LogP contribution in [0.5, 0.6) is 5.75 Å². The molecule has 2 fully saturated rings. The molecule has 0 saturated carbocycles. The number of ether oxygens (including phenoxy) is 2. The lowest BCUT2D eigenvalue weighted by Gasteiger charge is -2.45. The molecule has 3 rings (SSSR count). The maximum Gasteiger partial charge on any atom is 0.118 e. The van der Waals surface area contributed by atoms with Gasteiger partial charge in [-0.15, -0.1) is 0 Å². The summed E-state index contributed by atoms with van der Waals surface area (Å²) in [5.74, 6) is 0.922. The molecule has 0 amide bonds. The Bertz CT molecular complexity index is 421. The van der Waals surface area contributed by atoms with Crippen molar-refractivity contribution in [1.29, 1.82) is 0 Å². The van der Waals surface area contributed by atoms with E-state index < -0.39 is 0 Å². The third-order valence-corrected chi connectivity index (χ3v) is 4.41. The number of methoxy groups -OCH3 is 1. The molecular formula is C16H24N2O2. The highest BCUT2D eigenvalue weighted by Gasteiger charge is 2.37. The van der Waals surface area contributed by atoms with Crippen molar-refractivity contribution in [3.05, 3.63) is 29.8 Å². The summed E-state index contributed by atoms with van der Waals surface area (Å²) in [6, 6.07) is 8.39. The molecule has 1 N–H and O–H groups in total. The summed E-state index contributed by atoms with van der Waals surface area (Å²) in [5, 5.41) is 3.42. The first-order chi connectivity index (χ1) is 9.80. The molecule has 110 valence electrons. The highest BCUT2D eigenvalue weighted by Crippen LogP contribution is 2.28. The maximum absolute atomic E-state index is 6.11. The van der Waals surface area contributed by atoms with E-state index >= 15 is 0 Å². The van der Waals surface area contributed by atoms with Crippen LogP contribution in [0.15, 0.2) is 24.3 Å². The second-order valence-electron chi connectivity index (χ2n) is 5.84. The minimum Gasteiger partial charge on any atom is -0.497 e. The van der Waals surface area contributed by atoms with Gasteiger partial charge in [0.15, 0.2) is 0 Å². The molecule has 0 aliphatic carbocycles. The first-order valence-electron chi connectivity index (χ1n) is 7.50. The Labute approximate surface area is 121 Å². The molecule has 0 radical (unpaired) electrons. The molecule has 20 heavy (non-hydrogen) atoms. The second-order valence-corrected chi connectivity index (χ2v) is 5.84. The van der Waals surface area contributed by atoms with E-state index in [1.165, 1.54) is 5.56 Å². The first kappa shape index (κ1) is 13.9. The fourth-order valence-electron chi connectivity index (χ4n) is 3.23. The van der Waals surface area contributed by atoms with Gasteiger partial charge in [0.25, 0.3) is 0 Å². The van der Waals surface area contributed by atoms with E-state index in [1.54, 1.807) is 7.11 Å². The van der Waals surface area contributed by atoms with Gasteiger partial charge in [0, 0.05) is 19.6 Å². The Balaban J connectivity index is 1.61. The molecular weight excluding hydrogens is 252 g/mol. The maximum atomic E-state index is 6.11. The normalized spacial score (nSPS) is 22.9. The lowest BCUT2D eigenvalue weighted by molar-refractivity contribution is -0.125. The molecule has 2 aliphatic rings. The minimum atomic E-state index is 0.0932. The van der Waals surface area contributed by atoms with Gasteiger partial charge < -0.3 is 14.8 Å². The average Bonchev–Trinajstić information content (AvgIpc) is 2.49. The third-order valence-electron chi connectivity index (χ3n) is 4.41. The van der Waals surface area contributed by atoms with Gasteiger partial charge in [-0.3, -0.25) is 4.90 Å². The Hall–Kier alpha value is -1.10. The van der Waals surface area contributed by atoms with Crippen LogP contribution < -0.4 is 10.1 Å². The highest BCUT2D eigenvalue weighted by molar-refractivity contribution is 5.27. The van der Waals surface area contributed by atoms with Crippen LogP contribution in [0, 0.1) is 0 Å². The van der Waals surface area contributed by atoms with Gasteiger partial charge in [-0.1, -0.05) is 12.1 Å². The van der Waals surface area contributed by atoms with Gasteiger partial charge in [-0.25, -0.2) is 0 Å². The van der Waals surface area contributed by atoms with Gasteiger partial charge in [0.2, 0.25) is 0 Å². The zero-order valence-corrected chi connectivity index (χ0v) is 12.2. The van der Waals surface area contributed by atoms with Crippen molar-refractivity contribution in [1.82, 2.24) is 10.2 Å². The van der Waals surface area contributed by atoms with Crippen molar-refractivity contribution in [2.75, 3.05) is 39.9 Å². The Morgan fingerprint density at radius 1 is 1.25 bits per heavy atom. The molecule has 1 aromatic rings. The number of morpholine rings is 1. The van der Waals surface area contributed by atoms with Crippen LogP contribution in [0.1, 0.15) is 18.4 Å². The van der Waals surface area contributed by atoms with E-state index in [9.17, 15) is 0 Å². The lowest BCUT2D eigenvalue weighted by Crippen LogP contribution is -2.55. The van der Waals surface area contributed by atoms with E-state index in [4.69, 9.17) is 9.47 Å². The second kappa shape index (κ2) is 6.12. The molecule has 4 nitrogen and oxygen atoms in total. The third kappa shape index (κ3) is 3.14. The molecule has 2 saturated heterocycles. The van der Waals surface area contributed by atoms with Gasteiger partial charge in [-0.2, -0.15) is 0 Å². The summed E-state index contributed by atoms with van der Waals surface area (Å²) < 4.78 is 11.3. The van der Waals surface area contributed by atoms with E-state index in [2.05, 4.69) is 22.3 Å². The van der Waals surface area contributed by atoms with Crippen molar-refractivity contribution in [3.63, 3.8) is 0 Å². The van der Waals surface area contributed by atoms with Crippen molar-refractivity contribution in [2.45, 2.75) is 25.0 Å². The number of nitrogens with zero attached hydrogens (tertiary/aromatic N) is 1. The van der Waals surface area contributed by atoms with Crippen LogP contribution in [0.2, 0.25) is 0 Å². The van der Waals surface area contributed by atoms with Crippen molar-refractivity contribution >= 4 is 0 Å².